The van der Waals surface area contributed by atoms with E-state index in [1.54, 1.807) is 11.6 Å². The van der Waals surface area contributed by atoms with E-state index in [2.05, 4.69) is 20.0 Å². The molecule has 24 heavy (non-hydrogen) atoms. The first kappa shape index (κ1) is 16.0. The molecule has 2 aromatic heterocycles. The first-order valence-electron chi connectivity index (χ1n) is 7.80. The molecule has 0 aliphatic heterocycles. The fourth-order valence-electron chi connectivity index (χ4n) is 2.62. The largest absolute Gasteiger partial charge is 0.493 e. The Hall–Kier alpha value is -2.83. The Labute approximate surface area is 140 Å². The number of nitrogens with zero attached hydrogens (tertiary/aromatic N) is 5. The van der Waals surface area contributed by atoms with E-state index in [0.29, 0.717) is 18.9 Å². The summed E-state index contributed by atoms with van der Waals surface area (Å²) in [6.45, 7) is 5.21. The van der Waals surface area contributed by atoms with Gasteiger partial charge < -0.3 is 14.4 Å². The summed E-state index contributed by atoms with van der Waals surface area (Å²) in [6, 6.07) is 7.96. The molecular weight excluding hydrogens is 306 g/mol. The molecule has 0 bridgehead atoms. The molecule has 0 saturated carbocycles. The Balaban J connectivity index is 1.88. The van der Waals surface area contributed by atoms with Gasteiger partial charge in [0.15, 0.2) is 11.5 Å². The Morgan fingerprint density at radius 1 is 1.21 bits per heavy atom. The van der Waals surface area contributed by atoms with Crippen molar-refractivity contribution in [2.24, 2.45) is 0 Å². The molecule has 0 N–H and O–H groups in total. The third-order valence-electron chi connectivity index (χ3n) is 3.70. The average Bonchev–Trinajstić information content (AvgIpc) is 3.03. The zero-order valence-electron chi connectivity index (χ0n) is 14.4. The zero-order chi connectivity index (χ0) is 17.1. The Bertz CT molecular complexity index is 846. The molecule has 0 atom stereocenters. The molecule has 126 valence electrons. The minimum Gasteiger partial charge on any atom is -0.493 e. The molecule has 3 aromatic rings. The summed E-state index contributed by atoms with van der Waals surface area (Å²) < 4.78 is 12.7. The van der Waals surface area contributed by atoms with Gasteiger partial charge in [-0.2, -0.15) is 14.6 Å². The van der Waals surface area contributed by atoms with E-state index in [4.69, 9.17) is 9.47 Å². The van der Waals surface area contributed by atoms with Crippen LogP contribution in [0.2, 0.25) is 0 Å². The smallest absolute Gasteiger partial charge is 0.254 e. The van der Waals surface area contributed by atoms with Crippen molar-refractivity contribution in [1.29, 1.82) is 0 Å². The van der Waals surface area contributed by atoms with Gasteiger partial charge in [-0.15, -0.1) is 0 Å². The normalized spacial score (nSPS) is 10.8. The average molecular weight is 327 g/mol. The van der Waals surface area contributed by atoms with Crippen molar-refractivity contribution in [2.45, 2.75) is 20.4 Å². The number of fused-ring (bicyclic) bond motifs is 1. The van der Waals surface area contributed by atoms with Crippen molar-refractivity contribution in [3.63, 3.8) is 0 Å². The summed E-state index contributed by atoms with van der Waals surface area (Å²) in [7, 11) is 3.66. The number of benzene rings is 1. The van der Waals surface area contributed by atoms with Gasteiger partial charge in [-0.25, -0.2) is 4.98 Å². The molecule has 7 heteroatoms. The molecule has 0 amide bonds. The zero-order valence-corrected chi connectivity index (χ0v) is 14.4. The summed E-state index contributed by atoms with van der Waals surface area (Å²) >= 11 is 0. The van der Waals surface area contributed by atoms with Crippen LogP contribution in [-0.2, 0) is 6.54 Å². The standard InChI is InChI=1S/C17H21N5O2/c1-5-24-14-7-6-13(9-15(14)23-4)10-21(3)16-8-12(2)20-17-18-11-19-22(16)17/h6-9,11H,5,10H2,1-4H3. The molecule has 0 unspecified atom stereocenters. The monoisotopic (exact) mass is 327 g/mol. The second-order valence-corrected chi connectivity index (χ2v) is 5.50. The number of ether oxygens (including phenoxy) is 2. The lowest BCUT2D eigenvalue weighted by Crippen LogP contribution is -2.20. The van der Waals surface area contributed by atoms with E-state index in [9.17, 15) is 0 Å². The van der Waals surface area contributed by atoms with Gasteiger partial charge in [0.05, 0.1) is 13.7 Å². The highest BCUT2D eigenvalue weighted by atomic mass is 16.5. The molecule has 0 aliphatic rings. The highest BCUT2D eigenvalue weighted by Gasteiger charge is 2.12. The fourth-order valence-corrected chi connectivity index (χ4v) is 2.62. The maximum absolute atomic E-state index is 5.57. The molecule has 2 heterocycles. The predicted octanol–water partition coefficient (Wildman–Crippen LogP) is 2.48. The van der Waals surface area contributed by atoms with E-state index in [0.717, 1.165) is 28.6 Å². The maximum Gasteiger partial charge on any atom is 0.254 e. The van der Waals surface area contributed by atoms with Crippen LogP contribution in [0.5, 0.6) is 11.5 Å². The molecule has 0 aliphatic carbocycles. The molecule has 7 nitrogen and oxygen atoms in total. The summed E-state index contributed by atoms with van der Waals surface area (Å²) in [5.41, 5.74) is 2.02. The number of anilines is 1. The molecule has 0 saturated heterocycles. The minimum absolute atomic E-state index is 0.598. The van der Waals surface area contributed by atoms with Crippen LogP contribution in [0, 0.1) is 6.92 Å². The lowest BCUT2D eigenvalue weighted by atomic mass is 10.2. The number of aryl methyl sites for hydroxylation is 1. The van der Waals surface area contributed by atoms with Crippen molar-refractivity contribution in [2.75, 3.05) is 25.7 Å². The number of hydrogen-bond donors (Lipinski definition) is 0. The quantitative estimate of drug-likeness (QED) is 0.693. The number of methoxy groups -OCH3 is 1. The number of rotatable bonds is 6. The first-order chi connectivity index (χ1) is 11.6. The topological polar surface area (TPSA) is 64.8 Å². The van der Waals surface area contributed by atoms with Crippen LogP contribution >= 0.6 is 0 Å². The van der Waals surface area contributed by atoms with Crippen molar-refractivity contribution in [3.8, 4) is 11.5 Å². The van der Waals surface area contributed by atoms with E-state index < -0.39 is 0 Å². The second kappa shape index (κ2) is 6.74. The van der Waals surface area contributed by atoms with Crippen LogP contribution in [0.15, 0.2) is 30.6 Å². The van der Waals surface area contributed by atoms with Gasteiger partial charge in [0.2, 0.25) is 0 Å². The predicted molar refractivity (Wildman–Crippen MR) is 91.8 cm³/mol. The summed E-state index contributed by atoms with van der Waals surface area (Å²) in [5.74, 6) is 3.02. The Morgan fingerprint density at radius 3 is 2.79 bits per heavy atom. The first-order valence-corrected chi connectivity index (χ1v) is 7.80. The van der Waals surface area contributed by atoms with Crippen LogP contribution in [0.1, 0.15) is 18.2 Å². The maximum atomic E-state index is 5.57. The van der Waals surface area contributed by atoms with Crippen LogP contribution < -0.4 is 14.4 Å². The van der Waals surface area contributed by atoms with E-state index >= 15 is 0 Å². The van der Waals surface area contributed by atoms with E-state index in [-0.39, 0.29) is 0 Å². The Kier molecular flexibility index (Phi) is 4.50. The van der Waals surface area contributed by atoms with Crippen LogP contribution in [-0.4, -0.2) is 40.3 Å². The van der Waals surface area contributed by atoms with Crippen molar-refractivity contribution < 1.29 is 9.47 Å². The van der Waals surface area contributed by atoms with Gasteiger partial charge in [0, 0.05) is 25.4 Å². The molecule has 3 rings (SSSR count). The van der Waals surface area contributed by atoms with Gasteiger partial charge in [-0.05, 0) is 31.5 Å². The van der Waals surface area contributed by atoms with Gasteiger partial charge in [-0.3, -0.25) is 0 Å². The fraction of sp³-hybridized carbons (Fsp3) is 0.353. The highest BCUT2D eigenvalue weighted by molar-refractivity contribution is 5.48. The van der Waals surface area contributed by atoms with Gasteiger partial charge in [0.25, 0.3) is 5.78 Å². The van der Waals surface area contributed by atoms with Gasteiger partial charge >= 0.3 is 0 Å². The Morgan fingerprint density at radius 2 is 2.04 bits per heavy atom. The van der Waals surface area contributed by atoms with Gasteiger partial charge in [0.1, 0.15) is 12.1 Å². The SMILES string of the molecule is CCOc1ccc(CN(C)c2cc(C)nc3ncnn23)cc1OC. The number of aromatic nitrogens is 4. The van der Waals surface area contributed by atoms with Crippen LogP contribution in [0.25, 0.3) is 5.78 Å². The molecular formula is C17H21N5O2. The van der Waals surface area contributed by atoms with Crippen molar-refractivity contribution >= 4 is 11.6 Å². The van der Waals surface area contributed by atoms with Gasteiger partial charge in [-0.1, -0.05) is 6.07 Å². The van der Waals surface area contributed by atoms with Crippen molar-refractivity contribution in [3.05, 3.63) is 41.9 Å². The lowest BCUT2D eigenvalue weighted by molar-refractivity contribution is 0.310. The third-order valence-corrected chi connectivity index (χ3v) is 3.70. The summed E-state index contributed by atoms with van der Waals surface area (Å²) in [5, 5.41) is 4.25. The molecule has 0 fully saturated rings. The molecule has 1 aromatic carbocycles. The van der Waals surface area contributed by atoms with Crippen LogP contribution in [0.4, 0.5) is 5.82 Å². The summed E-state index contributed by atoms with van der Waals surface area (Å²) in [6.07, 6.45) is 1.51. The summed E-state index contributed by atoms with van der Waals surface area (Å²) in [4.78, 5) is 10.6. The molecule has 0 spiro atoms. The molecule has 0 radical (unpaired) electrons. The third kappa shape index (κ3) is 3.10. The lowest BCUT2D eigenvalue weighted by Gasteiger charge is -2.21. The second-order valence-electron chi connectivity index (χ2n) is 5.50. The van der Waals surface area contributed by atoms with Crippen LogP contribution in [0.3, 0.4) is 0 Å². The van der Waals surface area contributed by atoms with E-state index in [1.165, 1.54) is 6.33 Å². The highest BCUT2D eigenvalue weighted by Crippen LogP contribution is 2.29. The van der Waals surface area contributed by atoms with Crippen molar-refractivity contribution in [1.82, 2.24) is 19.6 Å². The van der Waals surface area contributed by atoms with E-state index in [1.807, 2.05) is 45.2 Å². The number of hydrogen-bond acceptors (Lipinski definition) is 6. The minimum atomic E-state index is 0.598.